The highest BCUT2D eigenvalue weighted by atomic mass is 32.1. The van der Waals surface area contributed by atoms with E-state index in [1.807, 2.05) is 0 Å². The Kier molecular flexibility index (Phi) is 5.71. The Morgan fingerprint density at radius 3 is 2.68 bits per heavy atom. The van der Waals surface area contributed by atoms with Gasteiger partial charge in [-0.3, -0.25) is 9.78 Å². The van der Waals surface area contributed by atoms with Crippen LogP contribution < -0.4 is 15.0 Å². The number of aromatic amines is 1. The SMILES string of the molecule is COCCCn1c(=S)[nH]c(=O)c2c(C(F)(F)F)cc(-c3ccc4c(c3)OCCO4)nc21. The summed E-state index contributed by atoms with van der Waals surface area (Å²) in [5.74, 6) is 0.924. The van der Waals surface area contributed by atoms with Crippen molar-refractivity contribution >= 4 is 23.3 Å². The first kappa shape index (κ1) is 21.3. The fourth-order valence-electron chi connectivity index (χ4n) is 3.42. The number of nitrogens with zero attached hydrogens (tertiary/aromatic N) is 2. The number of nitrogens with one attached hydrogen (secondary N) is 1. The largest absolute Gasteiger partial charge is 0.486 e. The fraction of sp³-hybridized carbons (Fsp3) is 0.350. The van der Waals surface area contributed by atoms with Crippen LogP contribution in [-0.2, 0) is 17.5 Å². The van der Waals surface area contributed by atoms with E-state index in [-0.39, 0.29) is 22.7 Å². The van der Waals surface area contributed by atoms with E-state index in [9.17, 15) is 18.0 Å². The summed E-state index contributed by atoms with van der Waals surface area (Å²) in [4.78, 5) is 19.2. The molecule has 31 heavy (non-hydrogen) atoms. The van der Waals surface area contributed by atoms with Crippen molar-refractivity contribution in [2.24, 2.45) is 0 Å². The van der Waals surface area contributed by atoms with Gasteiger partial charge < -0.3 is 18.8 Å². The quantitative estimate of drug-likeness (QED) is 0.466. The summed E-state index contributed by atoms with van der Waals surface area (Å²) in [6.07, 6.45) is -4.30. The predicted molar refractivity (Wildman–Crippen MR) is 109 cm³/mol. The minimum atomic E-state index is -4.77. The second-order valence-corrected chi connectivity index (χ2v) is 7.25. The molecule has 7 nitrogen and oxygen atoms in total. The van der Waals surface area contributed by atoms with Crippen molar-refractivity contribution in [3.8, 4) is 22.8 Å². The van der Waals surface area contributed by atoms with Crippen LogP contribution in [0.5, 0.6) is 11.5 Å². The number of methoxy groups -OCH3 is 1. The lowest BCUT2D eigenvalue weighted by molar-refractivity contribution is -0.136. The Balaban J connectivity index is 1.98. The van der Waals surface area contributed by atoms with Crippen LogP contribution in [0.1, 0.15) is 12.0 Å². The lowest BCUT2D eigenvalue weighted by Crippen LogP contribution is -2.21. The van der Waals surface area contributed by atoms with Gasteiger partial charge in [-0.15, -0.1) is 0 Å². The van der Waals surface area contributed by atoms with Crippen LogP contribution in [0.4, 0.5) is 13.2 Å². The van der Waals surface area contributed by atoms with Gasteiger partial charge in [-0.1, -0.05) is 0 Å². The maximum absolute atomic E-state index is 13.9. The van der Waals surface area contributed by atoms with Crippen LogP contribution in [0.25, 0.3) is 22.3 Å². The highest BCUT2D eigenvalue weighted by Crippen LogP contribution is 2.38. The van der Waals surface area contributed by atoms with Crippen LogP contribution in [0.15, 0.2) is 29.1 Å². The van der Waals surface area contributed by atoms with Gasteiger partial charge in [0.25, 0.3) is 5.56 Å². The molecule has 2 aromatic heterocycles. The van der Waals surface area contributed by atoms with E-state index >= 15 is 0 Å². The summed E-state index contributed by atoms with van der Waals surface area (Å²) in [7, 11) is 1.52. The number of ether oxygens (including phenoxy) is 3. The van der Waals surface area contributed by atoms with Crippen LogP contribution in [-0.4, -0.2) is 41.5 Å². The number of aryl methyl sites for hydroxylation is 1. The number of benzene rings is 1. The van der Waals surface area contributed by atoms with Crippen LogP contribution in [0.3, 0.4) is 0 Å². The average Bonchev–Trinajstić information content (AvgIpc) is 2.74. The summed E-state index contributed by atoms with van der Waals surface area (Å²) in [5.41, 5.74) is -1.72. The third-order valence-electron chi connectivity index (χ3n) is 4.82. The lowest BCUT2D eigenvalue weighted by atomic mass is 10.1. The zero-order chi connectivity index (χ0) is 22.2. The van der Waals surface area contributed by atoms with Crippen molar-refractivity contribution < 1.29 is 27.4 Å². The molecule has 164 valence electrons. The third kappa shape index (κ3) is 4.15. The molecule has 4 rings (SSSR count). The molecule has 0 saturated heterocycles. The number of rotatable bonds is 5. The van der Waals surface area contributed by atoms with E-state index in [1.165, 1.54) is 11.7 Å². The Morgan fingerprint density at radius 2 is 1.97 bits per heavy atom. The molecule has 0 spiro atoms. The van der Waals surface area contributed by atoms with E-state index in [4.69, 9.17) is 26.4 Å². The number of aromatic nitrogens is 3. The predicted octanol–water partition coefficient (Wildman–Crippen LogP) is 3.95. The highest BCUT2D eigenvalue weighted by Gasteiger charge is 2.35. The normalized spacial score (nSPS) is 13.5. The van der Waals surface area contributed by atoms with E-state index in [2.05, 4.69) is 9.97 Å². The Labute approximate surface area is 179 Å². The zero-order valence-electron chi connectivity index (χ0n) is 16.4. The Morgan fingerprint density at radius 1 is 1.23 bits per heavy atom. The van der Waals surface area contributed by atoms with Crippen LogP contribution >= 0.6 is 12.2 Å². The molecule has 11 heteroatoms. The van der Waals surface area contributed by atoms with Crippen molar-refractivity contribution in [3.63, 3.8) is 0 Å². The van der Waals surface area contributed by atoms with Gasteiger partial charge >= 0.3 is 6.18 Å². The Hall–Kier alpha value is -2.92. The minimum Gasteiger partial charge on any atom is -0.486 e. The second-order valence-electron chi connectivity index (χ2n) is 6.87. The molecule has 1 aliphatic rings. The number of fused-ring (bicyclic) bond motifs is 2. The standard InChI is InChI=1S/C20H18F3N3O4S/c1-28-6-2-5-26-17-16(18(27)25-19(26)31)12(20(21,22)23)10-13(24-17)11-3-4-14-15(9-11)30-8-7-29-14/h3-4,9-10H,2,5-8H2,1H3,(H,25,27,31). The first-order chi connectivity index (χ1) is 14.8. The summed E-state index contributed by atoms with van der Waals surface area (Å²) < 4.78 is 59.2. The van der Waals surface area contributed by atoms with E-state index in [0.29, 0.717) is 43.3 Å². The molecule has 1 aliphatic heterocycles. The zero-order valence-corrected chi connectivity index (χ0v) is 17.2. The van der Waals surface area contributed by atoms with E-state index in [0.717, 1.165) is 6.07 Å². The van der Waals surface area contributed by atoms with Crippen molar-refractivity contribution in [2.45, 2.75) is 19.1 Å². The monoisotopic (exact) mass is 453 g/mol. The van der Waals surface area contributed by atoms with Gasteiger partial charge in [0, 0.05) is 25.8 Å². The van der Waals surface area contributed by atoms with E-state index < -0.39 is 22.7 Å². The highest BCUT2D eigenvalue weighted by molar-refractivity contribution is 7.71. The average molecular weight is 453 g/mol. The Bertz CT molecular complexity index is 1250. The molecule has 0 atom stereocenters. The maximum atomic E-state index is 13.9. The lowest BCUT2D eigenvalue weighted by Gasteiger charge is -2.19. The first-order valence-electron chi connectivity index (χ1n) is 9.43. The van der Waals surface area contributed by atoms with Gasteiger partial charge in [0.1, 0.15) is 18.9 Å². The maximum Gasteiger partial charge on any atom is 0.417 e. The summed E-state index contributed by atoms with van der Waals surface area (Å²) >= 11 is 5.20. The number of alkyl halides is 3. The summed E-state index contributed by atoms with van der Waals surface area (Å²) in [6, 6.07) is 5.65. The number of hydrogen-bond acceptors (Lipinski definition) is 6. The van der Waals surface area contributed by atoms with Crippen LogP contribution in [0.2, 0.25) is 0 Å². The van der Waals surface area contributed by atoms with Gasteiger partial charge in [-0.2, -0.15) is 13.2 Å². The minimum absolute atomic E-state index is 0.00597. The molecular weight excluding hydrogens is 435 g/mol. The molecule has 3 aromatic rings. The molecular formula is C20H18F3N3O4S. The molecule has 0 fully saturated rings. The number of halogens is 3. The fourth-order valence-corrected chi connectivity index (χ4v) is 3.69. The topological polar surface area (TPSA) is 78.4 Å². The second kappa shape index (κ2) is 8.31. The molecule has 0 amide bonds. The molecule has 0 saturated carbocycles. The summed E-state index contributed by atoms with van der Waals surface area (Å²) in [5, 5.41) is -0.556. The van der Waals surface area contributed by atoms with Gasteiger partial charge in [0.15, 0.2) is 16.3 Å². The van der Waals surface area contributed by atoms with Crippen LogP contribution in [0, 0.1) is 4.77 Å². The first-order valence-corrected chi connectivity index (χ1v) is 9.84. The van der Waals surface area contributed by atoms with E-state index in [1.54, 1.807) is 18.2 Å². The molecule has 1 N–H and O–H groups in total. The molecule has 0 unspecified atom stereocenters. The molecule has 3 heterocycles. The summed E-state index contributed by atoms with van der Waals surface area (Å²) in [6.45, 7) is 1.33. The molecule has 1 aromatic carbocycles. The number of hydrogen-bond donors (Lipinski definition) is 1. The van der Waals surface area contributed by atoms with Gasteiger partial charge in [0.2, 0.25) is 0 Å². The number of pyridine rings is 1. The van der Waals surface area contributed by atoms with Crippen molar-refractivity contribution in [2.75, 3.05) is 26.9 Å². The van der Waals surface area contributed by atoms with Crippen molar-refractivity contribution in [1.29, 1.82) is 0 Å². The molecule has 0 bridgehead atoms. The molecule has 0 radical (unpaired) electrons. The van der Waals surface area contributed by atoms with Gasteiger partial charge in [-0.05, 0) is 42.9 Å². The van der Waals surface area contributed by atoms with Gasteiger partial charge in [0.05, 0.1) is 16.6 Å². The third-order valence-corrected chi connectivity index (χ3v) is 5.14. The van der Waals surface area contributed by atoms with Crippen molar-refractivity contribution in [3.05, 3.63) is 45.0 Å². The number of H-pyrrole nitrogens is 1. The van der Waals surface area contributed by atoms with Crippen molar-refractivity contribution in [1.82, 2.24) is 14.5 Å². The smallest absolute Gasteiger partial charge is 0.417 e. The van der Waals surface area contributed by atoms with Gasteiger partial charge in [-0.25, -0.2) is 4.98 Å². The molecule has 0 aliphatic carbocycles.